The Labute approximate surface area is 140 Å². The Kier molecular flexibility index (Phi) is 4.05. The number of aromatic nitrogens is 5. The van der Waals surface area contributed by atoms with Gasteiger partial charge in [0.2, 0.25) is 11.9 Å². The Hall–Kier alpha value is -2.96. The number of hydrogen-bond donors (Lipinski definition) is 1. The molecule has 0 saturated carbocycles. The molecule has 1 aliphatic rings. The predicted molar refractivity (Wildman–Crippen MR) is 92.2 cm³/mol. The molecule has 2 aromatic heterocycles. The molecule has 0 radical (unpaired) electrons. The summed E-state index contributed by atoms with van der Waals surface area (Å²) in [7, 11) is 0. The van der Waals surface area contributed by atoms with Gasteiger partial charge < -0.3 is 10.2 Å². The van der Waals surface area contributed by atoms with E-state index in [-0.39, 0.29) is 0 Å². The molecular weight excluding hydrogens is 302 g/mol. The van der Waals surface area contributed by atoms with Crippen molar-refractivity contribution in [1.82, 2.24) is 24.7 Å². The number of rotatable bonds is 5. The molecular formula is C17H19N7. The number of hydrogen-bond acceptors (Lipinski definition) is 6. The lowest BCUT2D eigenvalue weighted by Gasteiger charge is -2.14. The molecule has 4 rings (SSSR count). The molecule has 3 heterocycles. The van der Waals surface area contributed by atoms with Crippen LogP contribution >= 0.6 is 0 Å². The standard InChI is InChI=1S/C17H19N7/c1-2-6-15(7-3-1)24-13-21-22-17(24)20-12-14-10-18-16(19-11-14)23-8-4-5-9-23/h1-3,6-7,10-11,13H,4-5,8-9,12H2,(H,20,22). The van der Waals surface area contributed by atoms with Crippen LogP contribution in [0.3, 0.4) is 0 Å². The Morgan fingerprint density at radius 2 is 1.75 bits per heavy atom. The van der Waals surface area contributed by atoms with E-state index in [1.165, 1.54) is 12.8 Å². The van der Waals surface area contributed by atoms with Crippen molar-refractivity contribution < 1.29 is 0 Å². The van der Waals surface area contributed by atoms with Gasteiger partial charge in [-0.3, -0.25) is 4.57 Å². The van der Waals surface area contributed by atoms with Crippen LogP contribution in [0.1, 0.15) is 18.4 Å². The quantitative estimate of drug-likeness (QED) is 0.777. The zero-order chi connectivity index (χ0) is 16.2. The summed E-state index contributed by atoms with van der Waals surface area (Å²) in [6.07, 6.45) is 7.89. The highest BCUT2D eigenvalue weighted by molar-refractivity contribution is 5.40. The Balaban J connectivity index is 1.43. The smallest absolute Gasteiger partial charge is 0.229 e. The van der Waals surface area contributed by atoms with Gasteiger partial charge in [0.1, 0.15) is 6.33 Å². The molecule has 1 saturated heterocycles. The fourth-order valence-corrected chi connectivity index (χ4v) is 2.83. The Morgan fingerprint density at radius 1 is 1.00 bits per heavy atom. The molecule has 3 aromatic rings. The summed E-state index contributed by atoms with van der Waals surface area (Å²) in [4.78, 5) is 11.2. The van der Waals surface area contributed by atoms with Gasteiger partial charge in [0.15, 0.2) is 0 Å². The van der Waals surface area contributed by atoms with Gasteiger partial charge >= 0.3 is 0 Å². The maximum absolute atomic E-state index is 4.47. The largest absolute Gasteiger partial charge is 0.350 e. The zero-order valence-corrected chi connectivity index (χ0v) is 13.3. The van der Waals surface area contributed by atoms with Crippen molar-refractivity contribution in [3.63, 3.8) is 0 Å². The molecule has 1 N–H and O–H groups in total. The summed E-state index contributed by atoms with van der Waals surface area (Å²) in [5, 5.41) is 11.4. The average Bonchev–Trinajstić information content (AvgIpc) is 3.33. The van der Waals surface area contributed by atoms with Crippen molar-refractivity contribution in [2.75, 3.05) is 23.3 Å². The van der Waals surface area contributed by atoms with Crippen molar-refractivity contribution in [2.24, 2.45) is 0 Å². The second-order valence-corrected chi connectivity index (χ2v) is 5.80. The van der Waals surface area contributed by atoms with Crippen molar-refractivity contribution in [1.29, 1.82) is 0 Å². The highest BCUT2D eigenvalue weighted by Gasteiger charge is 2.14. The third-order valence-electron chi connectivity index (χ3n) is 4.11. The fourth-order valence-electron chi connectivity index (χ4n) is 2.83. The monoisotopic (exact) mass is 321 g/mol. The Morgan fingerprint density at radius 3 is 2.50 bits per heavy atom. The predicted octanol–water partition coefficient (Wildman–Crippen LogP) is 2.27. The summed E-state index contributed by atoms with van der Waals surface area (Å²) in [6.45, 7) is 2.71. The maximum Gasteiger partial charge on any atom is 0.229 e. The average molecular weight is 321 g/mol. The molecule has 0 bridgehead atoms. The van der Waals surface area contributed by atoms with E-state index in [9.17, 15) is 0 Å². The van der Waals surface area contributed by atoms with E-state index >= 15 is 0 Å². The van der Waals surface area contributed by atoms with Gasteiger partial charge in [-0.2, -0.15) is 0 Å². The third-order valence-corrected chi connectivity index (χ3v) is 4.11. The van der Waals surface area contributed by atoms with E-state index in [0.29, 0.717) is 12.5 Å². The number of benzene rings is 1. The topological polar surface area (TPSA) is 71.8 Å². The third kappa shape index (κ3) is 3.05. The van der Waals surface area contributed by atoms with Crippen molar-refractivity contribution >= 4 is 11.9 Å². The molecule has 24 heavy (non-hydrogen) atoms. The fraction of sp³-hybridized carbons (Fsp3) is 0.294. The normalized spacial score (nSPS) is 14.1. The lowest BCUT2D eigenvalue weighted by molar-refractivity contribution is 0.886. The highest BCUT2D eigenvalue weighted by Crippen LogP contribution is 2.16. The van der Waals surface area contributed by atoms with E-state index in [1.54, 1.807) is 6.33 Å². The lowest BCUT2D eigenvalue weighted by atomic mass is 10.3. The van der Waals surface area contributed by atoms with E-state index in [0.717, 1.165) is 30.3 Å². The summed E-state index contributed by atoms with van der Waals surface area (Å²) < 4.78 is 1.92. The van der Waals surface area contributed by atoms with Crippen LogP contribution in [0.4, 0.5) is 11.9 Å². The second kappa shape index (κ2) is 6.66. The summed E-state index contributed by atoms with van der Waals surface area (Å²) in [6, 6.07) is 10.00. The van der Waals surface area contributed by atoms with E-state index in [2.05, 4.69) is 30.4 Å². The number of nitrogens with zero attached hydrogens (tertiary/aromatic N) is 6. The first-order chi connectivity index (χ1) is 11.9. The first-order valence-electron chi connectivity index (χ1n) is 8.15. The van der Waals surface area contributed by atoms with Crippen LogP contribution in [0.25, 0.3) is 5.69 Å². The molecule has 122 valence electrons. The maximum atomic E-state index is 4.47. The minimum Gasteiger partial charge on any atom is -0.350 e. The SMILES string of the molecule is c1ccc(-n2cnnc2NCc2cnc(N3CCCC3)nc2)cc1. The minimum absolute atomic E-state index is 0.603. The highest BCUT2D eigenvalue weighted by atomic mass is 15.3. The van der Waals surface area contributed by atoms with Crippen LogP contribution in [0.5, 0.6) is 0 Å². The molecule has 1 fully saturated rings. The number of para-hydroxylation sites is 1. The molecule has 0 aliphatic carbocycles. The first-order valence-corrected chi connectivity index (χ1v) is 8.15. The van der Waals surface area contributed by atoms with Crippen LogP contribution in [0.15, 0.2) is 49.1 Å². The van der Waals surface area contributed by atoms with Gasteiger partial charge in [-0.15, -0.1) is 10.2 Å². The summed E-state index contributed by atoms with van der Waals surface area (Å²) >= 11 is 0. The lowest BCUT2D eigenvalue weighted by Crippen LogP contribution is -2.20. The van der Waals surface area contributed by atoms with Crippen LogP contribution in [0.2, 0.25) is 0 Å². The first kappa shape index (κ1) is 14.6. The van der Waals surface area contributed by atoms with Crippen molar-refractivity contribution in [3.8, 4) is 5.69 Å². The molecule has 0 amide bonds. The molecule has 7 nitrogen and oxygen atoms in total. The molecule has 0 unspecified atom stereocenters. The van der Waals surface area contributed by atoms with Gasteiger partial charge in [-0.25, -0.2) is 9.97 Å². The molecule has 0 atom stereocenters. The Bertz CT molecular complexity index is 776. The van der Waals surface area contributed by atoms with E-state index in [4.69, 9.17) is 0 Å². The van der Waals surface area contributed by atoms with E-state index in [1.807, 2.05) is 47.3 Å². The van der Waals surface area contributed by atoms with Gasteiger partial charge in [0.25, 0.3) is 0 Å². The number of anilines is 2. The van der Waals surface area contributed by atoms with Crippen LogP contribution < -0.4 is 10.2 Å². The molecule has 1 aliphatic heterocycles. The van der Waals surface area contributed by atoms with Gasteiger partial charge in [0.05, 0.1) is 5.69 Å². The van der Waals surface area contributed by atoms with Crippen molar-refractivity contribution in [3.05, 3.63) is 54.6 Å². The van der Waals surface area contributed by atoms with Crippen LogP contribution in [-0.4, -0.2) is 37.8 Å². The van der Waals surface area contributed by atoms with Crippen molar-refractivity contribution in [2.45, 2.75) is 19.4 Å². The van der Waals surface area contributed by atoms with Crippen LogP contribution in [0, 0.1) is 0 Å². The molecule has 7 heteroatoms. The molecule has 0 spiro atoms. The summed E-state index contributed by atoms with van der Waals surface area (Å²) in [5.74, 6) is 1.52. The van der Waals surface area contributed by atoms with E-state index < -0.39 is 0 Å². The van der Waals surface area contributed by atoms with Gasteiger partial charge in [-0.05, 0) is 25.0 Å². The van der Waals surface area contributed by atoms with Crippen LogP contribution in [-0.2, 0) is 6.54 Å². The van der Waals surface area contributed by atoms with Gasteiger partial charge in [-0.1, -0.05) is 18.2 Å². The minimum atomic E-state index is 0.603. The molecule has 1 aromatic carbocycles. The number of nitrogens with one attached hydrogen (secondary N) is 1. The summed E-state index contributed by atoms with van der Waals surface area (Å²) in [5.41, 5.74) is 2.03. The second-order valence-electron chi connectivity index (χ2n) is 5.80. The zero-order valence-electron chi connectivity index (χ0n) is 13.3. The van der Waals surface area contributed by atoms with Gasteiger partial charge in [0, 0.05) is 37.6 Å².